The molecule has 29 heavy (non-hydrogen) atoms. The number of thioether (sulfide) groups is 1. The minimum atomic E-state index is -0.494. The lowest BCUT2D eigenvalue weighted by molar-refractivity contribution is 0.603. The number of aryl methyl sites for hydroxylation is 2. The molecular weight excluding hydrogens is 434 g/mol. The highest BCUT2D eigenvalue weighted by Crippen LogP contribution is 2.41. The molecule has 2 N–H and O–H groups in total. The van der Waals surface area contributed by atoms with E-state index in [1.165, 1.54) is 40.5 Å². The first-order chi connectivity index (χ1) is 14.0. The molecule has 1 aliphatic rings. The maximum atomic E-state index is 14.4. The number of nitrogens with two attached hydrogens (primary N) is 1. The van der Waals surface area contributed by atoms with Crippen LogP contribution in [0.25, 0.3) is 10.4 Å². The zero-order chi connectivity index (χ0) is 20.5. The quantitative estimate of drug-likeness (QED) is 0.592. The van der Waals surface area contributed by atoms with Gasteiger partial charge in [-0.3, -0.25) is 0 Å². The normalized spacial score (nSPS) is 16.5. The monoisotopic (exact) mass is 452 g/mol. The summed E-state index contributed by atoms with van der Waals surface area (Å²) in [4.78, 5) is 5.15. The molecule has 3 heterocycles. The number of benzene rings is 1. The Balaban J connectivity index is 1.75. The van der Waals surface area contributed by atoms with Crippen LogP contribution >= 0.6 is 34.4 Å². The first-order valence-corrected chi connectivity index (χ1v) is 11.5. The molecule has 0 saturated heterocycles. The van der Waals surface area contributed by atoms with Crippen LogP contribution in [0.5, 0.6) is 0 Å². The van der Waals surface area contributed by atoms with Crippen molar-refractivity contribution in [3.05, 3.63) is 45.5 Å². The topological polar surface area (TPSA) is 80.3 Å². The molecule has 2 aromatic heterocycles. The second-order valence-corrected chi connectivity index (χ2v) is 9.92. The summed E-state index contributed by atoms with van der Waals surface area (Å²) in [6.07, 6.45) is 1.63. The van der Waals surface area contributed by atoms with Crippen LogP contribution in [0.1, 0.15) is 28.6 Å². The van der Waals surface area contributed by atoms with Gasteiger partial charge >= 0.3 is 0 Å². The van der Waals surface area contributed by atoms with Crippen molar-refractivity contribution in [2.24, 2.45) is 10.8 Å². The maximum absolute atomic E-state index is 14.4. The maximum Gasteiger partial charge on any atom is 0.229 e. The Kier molecular flexibility index (Phi) is 5.91. The van der Waals surface area contributed by atoms with Gasteiger partial charge < -0.3 is 5.73 Å². The molecule has 0 spiro atoms. The number of halogens is 2. The van der Waals surface area contributed by atoms with Crippen molar-refractivity contribution in [1.29, 1.82) is 0 Å². The zero-order valence-electron chi connectivity index (χ0n) is 15.7. The molecule has 0 aliphatic carbocycles. The highest BCUT2D eigenvalue weighted by molar-refractivity contribution is 8.15. The first kappa shape index (κ1) is 20.3. The molecule has 152 valence electrons. The lowest BCUT2D eigenvalue weighted by Gasteiger charge is -2.18. The number of anilines is 1. The summed E-state index contributed by atoms with van der Waals surface area (Å²) >= 11 is 4.31. The summed E-state index contributed by atoms with van der Waals surface area (Å²) in [5.74, 6) is -0.984. The third-order valence-corrected chi connectivity index (χ3v) is 7.23. The van der Waals surface area contributed by atoms with E-state index in [1.807, 2.05) is 18.9 Å². The van der Waals surface area contributed by atoms with Crippen molar-refractivity contribution >= 4 is 44.6 Å². The van der Waals surface area contributed by atoms with Gasteiger partial charge in [-0.25, -0.2) is 18.8 Å². The van der Waals surface area contributed by atoms with Crippen LogP contribution in [0.3, 0.4) is 0 Å². The Hall–Kier alpha value is -1.95. The van der Waals surface area contributed by atoms with Gasteiger partial charge in [0.2, 0.25) is 5.13 Å². The Bertz CT molecular complexity index is 1060. The second-order valence-electron chi connectivity index (χ2n) is 6.39. The van der Waals surface area contributed by atoms with E-state index in [0.29, 0.717) is 27.3 Å². The lowest BCUT2D eigenvalue weighted by atomic mass is 10.1. The highest BCUT2D eigenvalue weighted by Gasteiger charge is 2.34. The summed E-state index contributed by atoms with van der Waals surface area (Å²) in [7, 11) is 0. The van der Waals surface area contributed by atoms with E-state index in [4.69, 9.17) is 10.8 Å². The van der Waals surface area contributed by atoms with Gasteiger partial charge in [-0.15, -0.1) is 21.5 Å². The molecular formula is C18H18F2N6S3. The fourth-order valence-corrected chi connectivity index (χ4v) is 5.85. The minimum absolute atomic E-state index is 0.00638. The van der Waals surface area contributed by atoms with Crippen molar-refractivity contribution in [2.75, 3.05) is 11.6 Å². The minimum Gasteiger partial charge on any atom is -0.330 e. The predicted molar refractivity (Wildman–Crippen MR) is 116 cm³/mol. The molecule has 0 bridgehead atoms. The fraction of sp³-hybridized carbons (Fsp3) is 0.333. The summed E-state index contributed by atoms with van der Waals surface area (Å²) in [5.41, 5.74) is 6.45. The fourth-order valence-electron chi connectivity index (χ4n) is 2.91. The van der Waals surface area contributed by atoms with E-state index in [1.54, 1.807) is 0 Å². The lowest BCUT2D eigenvalue weighted by Crippen LogP contribution is -2.24. The number of rotatable bonds is 6. The van der Waals surface area contributed by atoms with Crippen molar-refractivity contribution in [3.63, 3.8) is 0 Å². The summed E-state index contributed by atoms with van der Waals surface area (Å²) in [6, 6.07) is 3.44. The van der Waals surface area contributed by atoms with Crippen molar-refractivity contribution in [2.45, 2.75) is 32.1 Å². The summed E-state index contributed by atoms with van der Waals surface area (Å²) in [6.45, 7) is 4.30. The molecule has 0 radical (unpaired) electrons. The Morgan fingerprint density at radius 2 is 1.97 bits per heavy atom. The molecule has 0 fully saturated rings. The number of aromatic nitrogens is 3. The van der Waals surface area contributed by atoms with Crippen LogP contribution in [0.4, 0.5) is 13.9 Å². The van der Waals surface area contributed by atoms with Gasteiger partial charge in [0.15, 0.2) is 0 Å². The van der Waals surface area contributed by atoms with E-state index in [-0.39, 0.29) is 10.9 Å². The Morgan fingerprint density at radius 1 is 1.14 bits per heavy atom. The number of hydrogen-bond acceptors (Lipinski definition) is 9. The van der Waals surface area contributed by atoms with Crippen LogP contribution in [0, 0.1) is 25.5 Å². The smallest absolute Gasteiger partial charge is 0.229 e. The van der Waals surface area contributed by atoms with Crippen LogP contribution in [0.2, 0.25) is 0 Å². The molecule has 0 saturated carbocycles. The van der Waals surface area contributed by atoms with Gasteiger partial charge in [0.25, 0.3) is 0 Å². The third-order valence-electron chi connectivity index (χ3n) is 4.20. The van der Waals surface area contributed by atoms with E-state index in [2.05, 4.69) is 15.2 Å². The zero-order valence-corrected chi connectivity index (χ0v) is 18.2. The van der Waals surface area contributed by atoms with Crippen LogP contribution in [-0.4, -0.2) is 32.1 Å². The number of hydrazone groups is 1. The predicted octanol–water partition coefficient (Wildman–Crippen LogP) is 4.54. The number of nitrogens with zero attached hydrogens (tertiary/aromatic N) is 5. The molecule has 1 atom stereocenters. The van der Waals surface area contributed by atoms with Gasteiger partial charge in [0.05, 0.1) is 9.88 Å². The third kappa shape index (κ3) is 4.18. The van der Waals surface area contributed by atoms with Gasteiger partial charge in [-0.1, -0.05) is 23.1 Å². The van der Waals surface area contributed by atoms with Gasteiger partial charge in [-0.2, -0.15) is 5.10 Å². The van der Waals surface area contributed by atoms with E-state index < -0.39 is 11.6 Å². The van der Waals surface area contributed by atoms with E-state index in [9.17, 15) is 8.78 Å². The molecule has 6 nitrogen and oxygen atoms in total. The van der Waals surface area contributed by atoms with Gasteiger partial charge in [0.1, 0.15) is 32.8 Å². The molecule has 3 aromatic rings. The molecule has 1 aromatic carbocycles. The summed E-state index contributed by atoms with van der Waals surface area (Å²) < 4.78 is 28.2. The Morgan fingerprint density at radius 3 is 2.69 bits per heavy atom. The van der Waals surface area contributed by atoms with Crippen LogP contribution < -0.4 is 10.7 Å². The molecule has 0 amide bonds. The standard InChI is InChI=1S/C18H18F2N6S3/c1-9-22-15(16(27-9)12-8-11(19)5-6-13(12)20)17-25-26(14(29-17)4-3-7-21)18-24-23-10(2)28-18/h5-6,8,14H,3-4,7,21H2,1-2H3. The highest BCUT2D eigenvalue weighted by atomic mass is 32.2. The van der Waals surface area contributed by atoms with Gasteiger partial charge in [-0.05, 0) is 51.4 Å². The Labute approximate surface area is 178 Å². The largest absolute Gasteiger partial charge is 0.330 e. The van der Waals surface area contributed by atoms with Crippen LogP contribution in [-0.2, 0) is 0 Å². The van der Waals surface area contributed by atoms with Crippen molar-refractivity contribution in [1.82, 2.24) is 15.2 Å². The van der Waals surface area contributed by atoms with Crippen LogP contribution in [0.15, 0.2) is 23.3 Å². The molecule has 1 unspecified atom stereocenters. The van der Waals surface area contributed by atoms with Gasteiger partial charge in [0, 0.05) is 5.56 Å². The second kappa shape index (κ2) is 8.42. The first-order valence-electron chi connectivity index (χ1n) is 8.94. The average Bonchev–Trinajstić information content (AvgIpc) is 3.40. The number of hydrogen-bond donors (Lipinski definition) is 1. The number of thiazole rings is 1. The van der Waals surface area contributed by atoms with Crippen molar-refractivity contribution < 1.29 is 8.78 Å². The molecule has 1 aliphatic heterocycles. The molecule has 11 heteroatoms. The average molecular weight is 453 g/mol. The van der Waals surface area contributed by atoms with E-state index in [0.717, 1.165) is 35.0 Å². The molecule has 4 rings (SSSR count). The van der Waals surface area contributed by atoms with Crippen molar-refractivity contribution in [3.8, 4) is 10.4 Å². The van der Waals surface area contributed by atoms with E-state index >= 15 is 0 Å². The summed E-state index contributed by atoms with van der Waals surface area (Å²) in [5, 5.41) is 17.8. The SMILES string of the molecule is Cc1nnc(N2N=C(c3nc(C)sc3-c3cc(F)ccc3F)SC2CCCN)s1.